The fourth-order valence-electron chi connectivity index (χ4n) is 1.67. The summed E-state index contributed by atoms with van der Waals surface area (Å²) in [5.41, 5.74) is 0. The van der Waals surface area contributed by atoms with Gasteiger partial charge >= 0.3 is 0 Å². The Morgan fingerprint density at radius 2 is 2.50 bits per heavy atom. The van der Waals surface area contributed by atoms with E-state index in [4.69, 9.17) is 20.8 Å². The smallest absolute Gasteiger partial charge is 0.133 e. The van der Waals surface area contributed by atoms with Crippen LogP contribution in [0.4, 0.5) is 0 Å². The summed E-state index contributed by atoms with van der Waals surface area (Å²) in [4.78, 5) is 2.30. The minimum Gasteiger partial charge on any atom is -0.467 e. The molecule has 0 bridgehead atoms. The van der Waals surface area contributed by atoms with Crippen LogP contribution in [0.5, 0.6) is 0 Å². The normalized spacial score (nSPS) is 23.9. The standard InChI is InChI=1S/C10H14ClNO2/c11-3-4-12-5-7-14-10(8-12)9-2-1-6-13-9/h1-2,6,10H,3-5,7-8H2. The van der Waals surface area contributed by atoms with E-state index in [1.807, 2.05) is 12.1 Å². The van der Waals surface area contributed by atoms with Gasteiger partial charge in [0.1, 0.15) is 11.9 Å². The van der Waals surface area contributed by atoms with Crippen LogP contribution in [0.25, 0.3) is 0 Å². The van der Waals surface area contributed by atoms with E-state index >= 15 is 0 Å². The molecule has 78 valence electrons. The van der Waals surface area contributed by atoms with Crippen LogP contribution in [-0.4, -0.2) is 37.0 Å². The molecular weight excluding hydrogens is 202 g/mol. The van der Waals surface area contributed by atoms with Gasteiger partial charge in [0, 0.05) is 25.5 Å². The van der Waals surface area contributed by atoms with Crippen molar-refractivity contribution >= 4 is 11.6 Å². The molecule has 0 spiro atoms. The van der Waals surface area contributed by atoms with Crippen molar-refractivity contribution in [2.75, 3.05) is 32.1 Å². The summed E-state index contributed by atoms with van der Waals surface area (Å²) >= 11 is 5.70. The lowest BCUT2D eigenvalue weighted by atomic mass is 10.2. The van der Waals surface area contributed by atoms with Crippen molar-refractivity contribution < 1.29 is 9.15 Å². The van der Waals surface area contributed by atoms with Gasteiger partial charge < -0.3 is 9.15 Å². The van der Waals surface area contributed by atoms with Gasteiger partial charge in [-0.25, -0.2) is 0 Å². The zero-order valence-electron chi connectivity index (χ0n) is 7.99. The first-order valence-electron chi connectivity index (χ1n) is 4.83. The lowest BCUT2D eigenvalue weighted by Crippen LogP contribution is -2.39. The lowest BCUT2D eigenvalue weighted by Gasteiger charge is -2.31. The maximum Gasteiger partial charge on any atom is 0.133 e. The third-order valence-electron chi connectivity index (χ3n) is 2.41. The van der Waals surface area contributed by atoms with Gasteiger partial charge in [0.2, 0.25) is 0 Å². The van der Waals surface area contributed by atoms with E-state index in [0.717, 1.165) is 32.0 Å². The van der Waals surface area contributed by atoms with Gasteiger partial charge in [-0.05, 0) is 12.1 Å². The predicted octanol–water partition coefficient (Wildman–Crippen LogP) is 1.89. The molecule has 1 aliphatic rings. The molecule has 4 heteroatoms. The first-order valence-corrected chi connectivity index (χ1v) is 5.37. The molecule has 0 amide bonds. The first kappa shape index (κ1) is 10.0. The average molecular weight is 216 g/mol. The molecule has 14 heavy (non-hydrogen) atoms. The van der Waals surface area contributed by atoms with Crippen molar-refractivity contribution in [3.8, 4) is 0 Å². The molecule has 0 radical (unpaired) electrons. The van der Waals surface area contributed by atoms with Gasteiger partial charge in [0.05, 0.1) is 12.9 Å². The minimum absolute atomic E-state index is 0.0713. The fourth-order valence-corrected chi connectivity index (χ4v) is 1.91. The van der Waals surface area contributed by atoms with Crippen molar-refractivity contribution in [2.45, 2.75) is 6.10 Å². The number of rotatable bonds is 3. The van der Waals surface area contributed by atoms with Crippen LogP contribution in [0.2, 0.25) is 0 Å². The molecule has 1 unspecified atom stereocenters. The van der Waals surface area contributed by atoms with E-state index in [2.05, 4.69) is 4.90 Å². The second-order valence-electron chi connectivity index (χ2n) is 3.36. The van der Waals surface area contributed by atoms with Gasteiger partial charge in [0.25, 0.3) is 0 Å². The summed E-state index contributed by atoms with van der Waals surface area (Å²) in [6.45, 7) is 3.51. The molecule has 2 heterocycles. The summed E-state index contributed by atoms with van der Waals surface area (Å²) in [6.07, 6.45) is 1.75. The van der Waals surface area contributed by atoms with Crippen LogP contribution < -0.4 is 0 Å². The van der Waals surface area contributed by atoms with E-state index in [1.54, 1.807) is 6.26 Å². The molecule has 1 fully saturated rings. The third-order valence-corrected chi connectivity index (χ3v) is 2.58. The molecule has 0 saturated carbocycles. The Bertz CT molecular complexity index is 261. The average Bonchev–Trinajstić information content (AvgIpc) is 2.71. The zero-order chi connectivity index (χ0) is 9.80. The van der Waals surface area contributed by atoms with Crippen molar-refractivity contribution in [1.82, 2.24) is 4.90 Å². The summed E-state index contributed by atoms with van der Waals surface area (Å²) in [5.74, 6) is 1.58. The Morgan fingerprint density at radius 1 is 1.57 bits per heavy atom. The Labute approximate surface area is 88.6 Å². The van der Waals surface area contributed by atoms with Crippen LogP contribution in [0.3, 0.4) is 0 Å². The highest BCUT2D eigenvalue weighted by atomic mass is 35.5. The van der Waals surface area contributed by atoms with Crippen LogP contribution >= 0.6 is 11.6 Å². The van der Waals surface area contributed by atoms with Gasteiger partial charge in [-0.2, -0.15) is 0 Å². The molecule has 1 aliphatic heterocycles. The summed E-state index contributed by atoms with van der Waals surface area (Å²) < 4.78 is 10.9. The minimum atomic E-state index is 0.0713. The maximum atomic E-state index is 5.70. The summed E-state index contributed by atoms with van der Waals surface area (Å²) in [5, 5.41) is 0. The second kappa shape index (κ2) is 4.82. The van der Waals surface area contributed by atoms with Crippen LogP contribution in [0.1, 0.15) is 11.9 Å². The van der Waals surface area contributed by atoms with E-state index in [9.17, 15) is 0 Å². The number of alkyl halides is 1. The number of hydrogen-bond donors (Lipinski definition) is 0. The first-order chi connectivity index (χ1) is 6.90. The van der Waals surface area contributed by atoms with Crippen molar-refractivity contribution in [3.63, 3.8) is 0 Å². The largest absolute Gasteiger partial charge is 0.467 e. The van der Waals surface area contributed by atoms with Gasteiger partial charge in [-0.1, -0.05) is 0 Å². The molecule has 0 aromatic carbocycles. The van der Waals surface area contributed by atoms with E-state index in [1.165, 1.54) is 0 Å². The van der Waals surface area contributed by atoms with E-state index < -0.39 is 0 Å². The molecule has 0 N–H and O–H groups in total. The summed E-state index contributed by atoms with van der Waals surface area (Å²) in [7, 11) is 0. The molecular formula is C10H14ClNO2. The predicted molar refractivity (Wildman–Crippen MR) is 54.6 cm³/mol. The molecule has 1 aromatic heterocycles. The van der Waals surface area contributed by atoms with E-state index in [0.29, 0.717) is 5.88 Å². The Morgan fingerprint density at radius 3 is 3.21 bits per heavy atom. The van der Waals surface area contributed by atoms with Gasteiger partial charge in [-0.3, -0.25) is 4.90 Å². The Balaban J connectivity index is 1.94. The number of nitrogens with zero attached hydrogens (tertiary/aromatic N) is 1. The highest BCUT2D eigenvalue weighted by Crippen LogP contribution is 2.22. The Kier molecular flexibility index (Phi) is 3.45. The zero-order valence-corrected chi connectivity index (χ0v) is 8.74. The number of morpholine rings is 1. The monoisotopic (exact) mass is 215 g/mol. The fraction of sp³-hybridized carbons (Fsp3) is 0.600. The Hall–Kier alpha value is -0.510. The second-order valence-corrected chi connectivity index (χ2v) is 3.74. The van der Waals surface area contributed by atoms with E-state index in [-0.39, 0.29) is 6.10 Å². The molecule has 1 atom stereocenters. The molecule has 1 saturated heterocycles. The molecule has 1 aromatic rings. The molecule has 0 aliphatic carbocycles. The lowest BCUT2D eigenvalue weighted by molar-refractivity contribution is -0.0380. The van der Waals surface area contributed by atoms with Crippen LogP contribution in [-0.2, 0) is 4.74 Å². The third kappa shape index (κ3) is 2.29. The number of ether oxygens (including phenoxy) is 1. The topological polar surface area (TPSA) is 25.6 Å². The molecule has 3 nitrogen and oxygen atoms in total. The SMILES string of the molecule is ClCCN1CCOC(c2ccco2)C1. The highest BCUT2D eigenvalue weighted by molar-refractivity contribution is 6.18. The number of hydrogen-bond acceptors (Lipinski definition) is 3. The van der Waals surface area contributed by atoms with Crippen molar-refractivity contribution in [3.05, 3.63) is 24.2 Å². The molecule has 2 rings (SSSR count). The van der Waals surface area contributed by atoms with Crippen LogP contribution in [0.15, 0.2) is 22.8 Å². The highest BCUT2D eigenvalue weighted by Gasteiger charge is 2.23. The number of furan rings is 1. The van der Waals surface area contributed by atoms with Gasteiger partial charge in [-0.15, -0.1) is 11.6 Å². The quantitative estimate of drug-likeness (QED) is 0.721. The van der Waals surface area contributed by atoms with Crippen LogP contribution in [0, 0.1) is 0 Å². The van der Waals surface area contributed by atoms with Crippen molar-refractivity contribution in [1.29, 1.82) is 0 Å². The van der Waals surface area contributed by atoms with Crippen molar-refractivity contribution in [2.24, 2.45) is 0 Å². The summed E-state index contributed by atoms with van der Waals surface area (Å²) in [6, 6.07) is 3.84. The maximum absolute atomic E-state index is 5.70. The number of halogens is 1. The van der Waals surface area contributed by atoms with Gasteiger partial charge in [0.15, 0.2) is 0 Å².